The largest absolute Gasteiger partial charge is 0.462 e. The number of hydrogen-bond acceptors (Lipinski definition) is 6. The molecule has 0 radical (unpaired) electrons. The molecule has 29 heavy (non-hydrogen) atoms. The number of ether oxygens (including phenoxy) is 1. The standard InChI is InChI=1S/C21H37N5O2S/c1-6-22-21(23-12-9-17-10-13-26(7-2)14-11-17)25-16(5)19-24-15(4)18(29-19)20(27)28-8-3/h16-17H,6-14H2,1-5H3,(H2,22,23,25). The first-order chi connectivity index (χ1) is 14.0. The molecule has 0 amide bonds. The number of thiazole rings is 1. The first-order valence-electron chi connectivity index (χ1n) is 10.9. The Morgan fingerprint density at radius 2 is 2.07 bits per heavy atom. The Hall–Kier alpha value is -1.67. The highest BCUT2D eigenvalue weighted by molar-refractivity contribution is 7.13. The van der Waals surface area contributed by atoms with Gasteiger partial charge in [0.15, 0.2) is 5.96 Å². The van der Waals surface area contributed by atoms with Crippen molar-refractivity contribution in [3.8, 4) is 0 Å². The topological polar surface area (TPSA) is 78.9 Å². The fourth-order valence-electron chi connectivity index (χ4n) is 3.53. The van der Waals surface area contributed by atoms with Crippen LogP contribution >= 0.6 is 11.3 Å². The number of nitrogens with zero attached hydrogens (tertiary/aromatic N) is 3. The molecule has 164 valence electrons. The van der Waals surface area contributed by atoms with Crippen LogP contribution in [0.1, 0.15) is 73.4 Å². The van der Waals surface area contributed by atoms with Gasteiger partial charge in [-0.25, -0.2) is 9.78 Å². The molecule has 7 nitrogen and oxygen atoms in total. The van der Waals surface area contributed by atoms with Gasteiger partial charge in [-0.05, 0) is 72.5 Å². The van der Waals surface area contributed by atoms with E-state index in [-0.39, 0.29) is 12.0 Å². The van der Waals surface area contributed by atoms with Crippen LogP contribution in [-0.4, -0.2) is 61.1 Å². The van der Waals surface area contributed by atoms with E-state index in [1.807, 2.05) is 20.8 Å². The molecule has 2 rings (SSSR count). The van der Waals surface area contributed by atoms with Crippen LogP contribution in [0.4, 0.5) is 0 Å². The summed E-state index contributed by atoms with van der Waals surface area (Å²) in [5.41, 5.74) is 0.720. The zero-order chi connectivity index (χ0) is 21.2. The van der Waals surface area contributed by atoms with Crippen LogP contribution in [0.25, 0.3) is 0 Å². The average molecular weight is 424 g/mol. The predicted octanol–water partition coefficient (Wildman–Crippen LogP) is 3.37. The van der Waals surface area contributed by atoms with Crippen molar-refractivity contribution in [3.63, 3.8) is 0 Å². The van der Waals surface area contributed by atoms with Crippen molar-refractivity contribution in [2.24, 2.45) is 10.9 Å². The lowest BCUT2D eigenvalue weighted by Gasteiger charge is -2.30. The molecule has 0 spiro atoms. The summed E-state index contributed by atoms with van der Waals surface area (Å²) >= 11 is 1.39. The Morgan fingerprint density at radius 1 is 1.34 bits per heavy atom. The van der Waals surface area contributed by atoms with Crippen molar-refractivity contribution >= 4 is 23.3 Å². The number of carbonyl (C=O) groups excluding carboxylic acids is 1. The van der Waals surface area contributed by atoms with Gasteiger partial charge in [0, 0.05) is 13.1 Å². The first-order valence-corrected chi connectivity index (χ1v) is 11.7. The molecule has 1 aliphatic rings. The van der Waals surface area contributed by atoms with Crippen molar-refractivity contribution in [3.05, 3.63) is 15.6 Å². The second-order valence-electron chi connectivity index (χ2n) is 7.48. The van der Waals surface area contributed by atoms with Gasteiger partial charge in [-0.1, -0.05) is 6.92 Å². The molecule has 2 heterocycles. The molecule has 0 bridgehead atoms. The van der Waals surface area contributed by atoms with Crippen LogP contribution < -0.4 is 10.6 Å². The highest BCUT2D eigenvalue weighted by atomic mass is 32.1. The minimum Gasteiger partial charge on any atom is -0.462 e. The molecule has 0 aliphatic carbocycles. The number of piperidine rings is 1. The lowest BCUT2D eigenvalue weighted by molar-refractivity contribution is 0.0531. The van der Waals surface area contributed by atoms with Gasteiger partial charge >= 0.3 is 5.97 Å². The molecule has 1 saturated heterocycles. The van der Waals surface area contributed by atoms with Crippen molar-refractivity contribution < 1.29 is 9.53 Å². The van der Waals surface area contributed by atoms with Gasteiger partial charge in [0.2, 0.25) is 0 Å². The quantitative estimate of drug-likeness (QED) is 0.360. The number of aliphatic imine (C=N–C) groups is 1. The summed E-state index contributed by atoms with van der Waals surface area (Å²) in [6.45, 7) is 15.6. The molecule has 1 atom stereocenters. The molecule has 2 N–H and O–H groups in total. The van der Waals surface area contributed by atoms with Gasteiger partial charge in [-0.3, -0.25) is 4.99 Å². The molecule has 1 fully saturated rings. The summed E-state index contributed by atoms with van der Waals surface area (Å²) in [6.07, 6.45) is 3.68. The van der Waals surface area contributed by atoms with Crippen LogP contribution in [0.5, 0.6) is 0 Å². The fraction of sp³-hybridized carbons (Fsp3) is 0.762. The third-order valence-corrected chi connectivity index (χ3v) is 6.62. The molecule has 1 aromatic heterocycles. The Kier molecular flexibility index (Phi) is 9.87. The maximum Gasteiger partial charge on any atom is 0.350 e. The Morgan fingerprint density at radius 3 is 2.69 bits per heavy atom. The van der Waals surface area contributed by atoms with Gasteiger partial charge in [0.1, 0.15) is 9.88 Å². The zero-order valence-corrected chi connectivity index (χ0v) is 19.4. The number of nitrogens with one attached hydrogen (secondary N) is 2. The van der Waals surface area contributed by atoms with E-state index in [1.54, 1.807) is 0 Å². The van der Waals surface area contributed by atoms with Gasteiger partial charge in [0.05, 0.1) is 18.3 Å². The van der Waals surface area contributed by atoms with Crippen molar-refractivity contribution in [2.75, 3.05) is 39.3 Å². The summed E-state index contributed by atoms with van der Waals surface area (Å²) in [5.74, 6) is 1.28. The first kappa shape index (κ1) is 23.6. The van der Waals surface area contributed by atoms with Crippen LogP contribution in [0.2, 0.25) is 0 Å². The number of guanidine groups is 1. The van der Waals surface area contributed by atoms with Crippen LogP contribution in [-0.2, 0) is 4.74 Å². The van der Waals surface area contributed by atoms with Gasteiger partial charge in [-0.2, -0.15) is 0 Å². The molecule has 1 aliphatic heterocycles. The van der Waals surface area contributed by atoms with Gasteiger partial charge in [0.25, 0.3) is 0 Å². The monoisotopic (exact) mass is 423 g/mol. The number of rotatable bonds is 9. The van der Waals surface area contributed by atoms with Gasteiger partial charge < -0.3 is 20.3 Å². The summed E-state index contributed by atoms with van der Waals surface area (Å²) in [7, 11) is 0. The highest BCUT2D eigenvalue weighted by Gasteiger charge is 2.20. The Balaban J connectivity index is 1.91. The average Bonchev–Trinajstić information content (AvgIpc) is 3.11. The lowest BCUT2D eigenvalue weighted by atomic mass is 9.94. The minimum atomic E-state index is -0.296. The highest BCUT2D eigenvalue weighted by Crippen LogP contribution is 2.24. The van der Waals surface area contributed by atoms with E-state index in [4.69, 9.17) is 9.73 Å². The van der Waals surface area contributed by atoms with E-state index in [1.165, 1.54) is 37.3 Å². The van der Waals surface area contributed by atoms with E-state index in [0.29, 0.717) is 11.5 Å². The summed E-state index contributed by atoms with van der Waals surface area (Å²) < 4.78 is 5.12. The zero-order valence-electron chi connectivity index (χ0n) is 18.6. The molecule has 1 aromatic rings. The Bertz CT molecular complexity index is 668. The second kappa shape index (κ2) is 12.1. The van der Waals surface area contributed by atoms with Crippen molar-refractivity contribution in [1.29, 1.82) is 0 Å². The smallest absolute Gasteiger partial charge is 0.350 e. The molecule has 8 heteroatoms. The van der Waals surface area contributed by atoms with Crippen molar-refractivity contribution in [2.45, 2.75) is 59.9 Å². The summed E-state index contributed by atoms with van der Waals surface area (Å²) in [5, 5.41) is 7.61. The maximum atomic E-state index is 12.0. The second-order valence-corrected chi connectivity index (χ2v) is 8.51. The van der Waals surface area contributed by atoms with Gasteiger partial charge in [-0.15, -0.1) is 11.3 Å². The van der Waals surface area contributed by atoms with E-state index < -0.39 is 0 Å². The number of likely N-dealkylation sites (tertiary alicyclic amines) is 1. The van der Waals surface area contributed by atoms with E-state index in [2.05, 4.69) is 34.4 Å². The maximum absolute atomic E-state index is 12.0. The molecular weight excluding hydrogens is 386 g/mol. The lowest BCUT2D eigenvalue weighted by Crippen LogP contribution is -2.39. The summed E-state index contributed by atoms with van der Waals surface area (Å²) in [4.78, 5) is 24.5. The van der Waals surface area contributed by atoms with E-state index in [9.17, 15) is 4.79 Å². The summed E-state index contributed by atoms with van der Waals surface area (Å²) in [6, 6.07) is -0.0348. The molecular formula is C21H37N5O2S. The normalized spacial score (nSPS) is 17.2. The number of esters is 1. The molecule has 0 saturated carbocycles. The van der Waals surface area contributed by atoms with E-state index in [0.717, 1.165) is 48.6 Å². The number of carbonyl (C=O) groups is 1. The number of aromatic nitrogens is 1. The van der Waals surface area contributed by atoms with Crippen LogP contribution in [0.15, 0.2) is 4.99 Å². The third kappa shape index (κ3) is 7.26. The molecule has 1 unspecified atom stereocenters. The van der Waals surface area contributed by atoms with Crippen LogP contribution in [0, 0.1) is 12.8 Å². The molecule has 0 aromatic carbocycles. The number of hydrogen-bond donors (Lipinski definition) is 2. The number of aryl methyl sites for hydroxylation is 1. The SMILES string of the molecule is CCNC(=NCCC1CCN(CC)CC1)NC(C)c1nc(C)c(C(=O)OCC)s1. The van der Waals surface area contributed by atoms with Crippen LogP contribution in [0.3, 0.4) is 0 Å². The fourth-order valence-corrected chi connectivity index (χ4v) is 4.49. The Labute approximate surface area is 179 Å². The van der Waals surface area contributed by atoms with Crippen molar-refractivity contribution in [1.82, 2.24) is 20.5 Å². The van der Waals surface area contributed by atoms with E-state index >= 15 is 0 Å². The predicted molar refractivity (Wildman–Crippen MR) is 120 cm³/mol. The minimum absolute atomic E-state index is 0.0348. The third-order valence-electron chi connectivity index (χ3n) is 5.30.